The Morgan fingerprint density at radius 2 is 2.36 bits per heavy atom. The number of nitrogens with two attached hydrogens (primary N) is 1. The van der Waals surface area contributed by atoms with E-state index in [0.717, 1.165) is 22.4 Å². The van der Waals surface area contributed by atoms with Crippen molar-refractivity contribution in [1.82, 2.24) is 4.98 Å². The van der Waals surface area contributed by atoms with E-state index in [-0.39, 0.29) is 6.04 Å². The van der Waals surface area contributed by atoms with Crippen LogP contribution in [0.4, 0.5) is 0 Å². The van der Waals surface area contributed by atoms with Crippen molar-refractivity contribution in [1.29, 1.82) is 0 Å². The van der Waals surface area contributed by atoms with Crippen molar-refractivity contribution in [3.63, 3.8) is 0 Å². The van der Waals surface area contributed by atoms with E-state index in [2.05, 4.69) is 20.9 Å². The second-order valence-corrected chi connectivity index (χ2v) is 5.04. The minimum Gasteiger partial charge on any atom is -0.324 e. The fraction of sp³-hybridized carbons (Fsp3) is 0.500. The molecule has 0 radical (unpaired) electrons. The van der Waals surface area contributed by atoms with Gasteiger partial charge in [0.1, 0.15) is 5.15 Å². The topological polar surface area (TPSA) is 38.9 Å². The maximum Gasteiger partial charge on any atom is 0.143 e. The van der Waals surface area contributed by atoms with E-state index in [9.17, 15) is 0 Å². The van der Waals surface area contributed by atoms with Gasteiger partial charge in [0, 0.05) is 12.2 Å². The number of pyridine rings is 1. The number of aromatic nitrogens is 1. The van der Waals surface area contributed by atoms with Crippen molar-refractivity contribution in [2.24, 2.45) is 11.7 Å². The van der Waals surface area contributed by atoms with Gasteiger partial charge in [-0.05, 0) is 39.9 Å². The third kappa shape index (κ3) is 2.47. The highest BCUT2D eigenvalue weighted by Crippen LogP contribution is 2.37. The monoisotopic (exact) mass is 274 g/mol. The molecule has 1 saturated carbocycles. The van der Waals surface area contributed by atoms with Gasteiger partial charge >= 0.3 is 0 Å². The lowest BCUT2D eigenvalue weighted by atomic mass is 10.0. The molecule has 2 N–H and O–H groups in total. The lowest BCUT2D eigenvalue weighted by Gasteiger charge is -2.11. The summed E-state index contributed by atoms with van der Waals surface area (Å²) in [6.07, 6.45) is 5.49. The van der Waals surface area contributed by atoms with E-state index in [4.69, 9.17) is 17.3 Å². The summed E-state index contributed by atoms with van der Waals surface area (Å²) in [6.45, 7) is 0. The van der Waals surface area contributed by atoms with Gasteiger partial charge in [-0.3, -0.25) is 0 Å². The standard InChI is InChI=1S/C10H12BrClN2/c11-8-4-7(5-14-10(8)12)9(13)3-6-1-2-6/h4-6,9H,1-3,13H2/t9-/m0/s1. The van der Waals surface area contributed by atoms with Gasteiger partial charge < -0.3 is 5.73 Å². The van der Waals surface area contributed by atoms with Crippen molar-refractivity contribution < 1.29 is 0 Å². The molecule has 76 valence electrons. The molecule has 0 aromatic carbocycles. The molecule has 1 atom stereocenters. The SMILES string of the molecule is N[C@@H](CC1CC1)c1cnc(Cl)c(Br)c1. The molecule has 1 fully saturated rings. The van der Waals surface area contributed by atoms with E-state index >= 15 is 0 Å². The van der Waals surface area contributed by atoms with Gasteiger partial charge in [0.05, 0.1) is 4.47 Å². The van der Waals surface area contributed by atoms with Gasteiger partial charge in [0.15, 0.2) is 0 Å². The Bertz CT molecular complexity index is 339. The Morgan fingerprint density at radius 3 is 2.93 bits per heavy atom. The van der Waals surface area contributed by atoms with Gasteiger partial charge in [-0.25, -0.2) is 4.98 Å². The smallest absolute Gasteiger partial charge is 0.143 e. The molecule has 0 aliphatic heterocycles. The van der Waals surface area contributed by atoms with Crippen molar-refractivity contribution in [3.05, 3.63) is 27.5 Å². The first-order valence-electron chi connectivity index (χ1n) is 4.73. The number of hydrogen-bond acceptors (Lipinski definition) is 2. The maximum atomic E-state index is 6.05. The highest BCUT2D eigenvalue weighted by atomic mass is 79.9. The Kier molecular flexibility index (Phi) is 3.10. The van der Waals surface area contributed by atoms with E-state index in [1.54, 1.807) is 6.20 Å². The van der Waals surface area contributed by atoms with Crippen molar-refractivity contribution in [2.75, 3.05) is 0 Å². The van der Waals surface area contributed by atoms with Crippen LogP contribution in [0.25, 0.3) is 0 Å². The number of halogens is 2. The first kappa shape index (κ1) is 10.4. The van der Waals surface area contributed by atoms with Crippen LogP contribution in [0.3, 0.4) is 0 Å². The summed E-state index contributed by atoms with van der Waals surface area (Å²) in [7, 11) is 0. The molecule has 0 saturated heterocycles. The molecule has 1 aliphatic rings. The first-order valence-corrected chi connectivity index (χ1v) is 5.90. The summed E-state index contributed by atoms with van der Waals surface area (Å²) in [5.74, 6) is 0.833. The highest BCUT2D eigenvalue weighted by molar-refractivity contribution is 9.10. The Labute approximate surface area is 97.0 Å². The van der Waals surface area contributed by atoms with Gasteiger partial charge in [0.2, 0.25) is 0 Å². The average molecular weight is 276 g/mol. The van der Waals surface area contributed by atoms with Crippen LogP contribution in [0.5, 0.6) is 0 Å². The Hall–Kier alpha value is -0.120. The molecule has 1 aliphatic carbocycles. The van der Waals surface area contributed by atoms with Crippen LogP contribution < -0.4 is 5.73 Å². The maximum absolute atomic E-state index is 6.05. The highest BCUT2D eigenvalue weighted by Gasteiger charge is 2.24. The first-order chi connectivity index (χ1) is 6.66. The molecular weight excluding hydrogens is 263 g/mol. The van der Waals surface area contributed by atoms with Gasteiger partial charge in [-0.15, -0.1) is 0 Å². The molecular formula is C10H12BrClN2. The molecule has 0 amide bonds. The zero-order valence-electron chi connectivity index (χ0n) is 7.71. The molecule has 1 heterocycles. The summed E-state index contributed by atoms with van der Waals surface area (Å²) >= 11 is 9.15. The predicted octanol–water partition coefficient (Wildman–Crippen LogP) is 3.30. The summed E-state index contributed by atoms with van der Waals surface area (Å²) < 4.78 is 0.822. The second kappa shape index (κ2) is 4.17. The molecule has 0 spiro atoms. The predicted molar refractivity (Wildman–Crippen MR) is 61.2 cm³/mol. The summed E-state index contributed by atoms with van der Waals surface area (Å²) in [6, 6.07) is 2.06. The number of nitrogens with zero attached hydrogens (tertiary/aromatic N) is 1. The van der Waals surface area contributed by atoms with Gasteiger partial charge in [-0.1, -0.05) is 24.4 Å². The van der Waals surface area contributed by atoms with Crippen LogP contribution in [0.2, 0.25) is 5.15 Å². The molecule has 1 aromatic heterocycles. The van der Waals surface area contributed by atoms with Crippen LogP contribution >= 0.6 is 27.5 Å². The van der Waals surface area contributed by atoms with Crippen molar-refractivity contribution >= 4 is 27.5 Å². The fourth-order valence-corrected chi connectivity index (χ4v) is 1.96. The van der Waals surface area contributed by atoms with Crippen LogP contribution in [0.15, 0.2) is 16.7 Å². The minimum absolute atomic E-state index is 0.101. The zero-order valence-corrected chi connectivity index (χ0v) is 10.1. The normalized spacial score (nSPS) is 18.2. The fourth-order valence-electron chi connectivity index (χ4n) is 1.49. The van der Waals surface area contributed by atoms with E-state index in [1.807, 2.05) is 6.07 Å². The number of hydrogen-bond donors (Lipinski definition) is 1. The Balaban J connectivity index is 2.10. The van der Waals surface area contributed by atoms with Crippen molar-refractivity contribution in [2.45, 2.75) is 25.3 Å². The third-order valence-electron chi connectivity index (χ3n) is 2.53. The molecule has 1 aromatic rings. The lowest BCUT2D eigenvalue weighted by Crippen LogP contribution is -2.11. The molecule has 4 heteroatoms. The van der Waals surface area contributed by atoms with E-state index in [0.29, 0.717) is 5.15 Å². The van der Waals surface area contributed by atoms with Crippen LogP contribution in [0, 0.1) is 5.92 Å². The van der Waals surface area contributed by atoms with E-state index < -0.39 is 0 Å². The van der Waals surface area contributed by atoms with E-state index in [1.165, 1.54) is 12.8 Å². The van der Waals surface area contributed by atoms with Crippen LogP contribution in [-0.2, 0) is 0 Å². The number of rotatable bonds is 3. The minimum atomic E-state index is 0.101. The third-order valence-corrected chi connectivity index (χ3v) is 3.66. The quantitative estimate of drug-likeness (QED) is 0.860. The second-order valence-electron chi connectivity index (χ2n) is 3.83. The molecule has 2 nitrogen and oxygen atoms in total. The Morgan fingerprint density at radius 1 is 1.64 bits per heavy atom. The average Bonchev–Trinajstić information content (AvgIpc) is 2.93. The summed E-state index contributed by atoms with van der Waals surface area (Å²) in [4.78, 5) is 4.07. The van der Waals surface area contributed by atoms with Gasteiger partial charge in [0.25, 0.3) is 0 Å². The summed E-state index contributed by atoms with van der Waals surface area (Å²) in [5, 5.41) is 0.493. The zero-order chi connectivity index (χ0) is 10.1. The molecule has 14 heavy (non-hydrogen) atoms. The molecule has 2 rings (SSSR count). The largest absolute Gasteiger partial charge is 0.324 e. The van der Waals surface area contributed by atoms with Crippen LogP contribution in [0.1, 0.15) is 30.9 Å². The molecule has 0 bridgehead atoms. The lowest BCUT2D eigenvalue weighted by molar-refractivity contribution is 0.595. The van der Waals surface area contributed by atoms with Crippen LogP contribution in [-0.4, -0.2) is 4.98 Å². The van der Waals surface area contributed by atoms with Crippen molar-refractivity contribution in [3.8, 4) is 0 Å². The van der Waals surface area contributed by atoms with Gasteiger partial charge in [-0.2, -0.15) is 0 Å². The molecule has 0 unspecified atom stereocenters. The summed E-state index contributed by atoms with van der Waals surface area (Å²) in [5.41, 5.74) is 7.11.